The van der Waals surface area contributed by atoms with Crippen LogP contribution in [0.25, 0.3) is 0 Å². The first-order valence-electron chi connectivity index (χ1n) is 18.5. The zero-order valence-electron chi connectivity index (χ0n) is 33.3. The van der Waals surface area contributed by atoms with Gasteiger partial charge in [-0.15, -0.1) is 0 Å². The molecule has 0 spiro atoms. The second-order valence-electron chi connectivity index (χ2n) is 15.3. The molecule has 0 unspecified atom stereocenters. The first-order chi connectivity index (χ1) is 25.8. The Morgan fingerprint density at radius 1 is 0.370 bits per heavy atom. The van der Waals surface area contributed by atoms with Crippen molar-refractivity contribution in [2.45, 2.75) is 19.3 Å². The molecule has 0 saturated heterocycles. The van der Waals surface area contributed by atoms with E-state index in [1.165, 1.54) is 65.7 Å². The van der Waals surface area contributed by atoms with E-state index in [0.29, 0.717) is 0 Å². The van der Waals surface area contributed by atoms with Crippen LogP contribution in [0.4, 0.5) is 22.7 Å². The minimum atomic E-state index is -0.953. The lowest BCUT2D eigenvalue weighted by Crippen LogP contribution is -2.33. The predicted molar refractivity (Wildman–Crippen MR) is 240 cm³/mol. The zero-order chi connectivity index (χ0) is 38.3. The van der Waals surface area contributed by atoms with Gasteiger partial charge in [0.05, 0.1) is 0 Å². The summed E-state index contributed by atoms with van der Waals surface area (Å²) in [6.07, 6.45) is 0. The van der Waals surface area contributed by atoms with Crippen molar-refractivity contribution in [3.05, 3.63) is 145 Å². The van der Waals surface area contributed by atoms with E-state index in [-0.39, 0.29) is 5.41 Å². The van der Waals surface area contributed by atoms with Gasteiger partial charge in [0, 0.05) is 106 Å². The average molecular weight is 751 g/mol. The third kappa shape index (κ3) is 7.08. The molecule has 0 radical (unpaired) electrons. The van der Waals surface area contributed by atoms with Crippen molar-refractivity contribution in [3.63, 3.8) is 0 Å². The maximum Gasteiger partial charge on any atom is 0.139 e. The lowest BCUT2D eigenvalue weighted by atomic mass is 9.76. The van der Waals surface area contributed by atoms with E-state index >= 15 is 0 Å². The van der Waals surface area contributed by atoms with Gasteiger partial charge in [-0.3, -0.25) is 0 Å². The molecule has 7 heteroatoms. The number of hydrogen-bond donors (Lipinski definition) is 0. The minimum absolute atomic E-state index is 0.288. The fourth-order valence-corrected chi connectivity index (χ4v) is 12.0. The molecule has 0 bridgehead atoms. The van der Waals surface area contributed by atoms with Crippen molar-refractivity contribution >= 4 is 70.4 Å². The van der Waals surface area contributed by atoms with Gasteiger partial charge in [0.25, 0.3) is 0 Å². The SMILES string of the molecule is CN(C)c1ccc(P(c2ccc(N(C)C)cc2)c2cccc3c2Oc2c(P(c4ccc(N(C)C)cc4)c4ccc(N(C)C)cc4)cccc2C3(C)C)cc1. The van der Waals surface area contributed by atoms with Crippen LogP contribution in [0.3, 0.4) is 0 Å². The van der Waals surface area contributed by atoms with Crippen LogP contribution in [0.15, 0.2) is 133 Å². The summed E-state index contributed by atoms with van der Waals surface area (Å²) in [4.78, 5) is 8.64. The van der Waals surface area contributed by atoms with Gasteiger partial charge in [-0.25, -0.2) is 0 Å². The highest BCUT2D eigenvalue weighted by Crippen LogP contribution is 2.52. The Bertz CT molecular complexity index is 1970. The summed E-state index contributed by atoms with van der Waals surface area (Å²) in [6.45, 7) is 4.72. The van der Waals surface area contributed by atoms with E-state index < -0.39 is 15.8 Å². The largest absolute Gasteiger partial charge is 0.455 e. The zero-order valence-corrected chi connectivity index (χ0v) is 35.1. The molecule has 0 aromatic heterocycles. The minimum Gasteiger partial charge on any atom is -0.455 e. The van der Waals surface area contributed by atoms with E-state index in [2.05, 4.69) is 223 Å². The van der Waals surface area contributed by atoms with Crippen molar-refractivity contribution in [1.82, 2.24) is 0 Å². The van der Waals surface area contributed by atoms with Gasteiger partial charge in [0.1, 0.15) is 11.5 Å². The summed E-state index contributed by atoms with van der Waals surface area (Å²) in [7, 11) is 14.9. The summed E-state index contributed by atoms with van der Waals surface area (Å²) in [6, 6.07) is 50.0. The van der Waals surface area contributed by atoms with Gasteiger partial charge in [-0.2, -0.15) is 0 Å². The Balaban J connectivity index is 1.42. The predicted octanol–water partition coefficient (Wildman–Crippen LogP) is 7.90. The maximum atomic E-state index is 7.47. The maximum absolute atomic E-state index is 7.47. The first-order valence-corrected chi connectivity index (χ1v) is 21.2. The number of rotatable bonds is 10. The topological polar surface area (TPSA) is 22.2 Å². The lowest BCUT2D eigenvalue weighted by Gasteiger charge is -2.38. The number of anilines is 4. The lowest BCUT2D eigenvalue weighted by molar-refractivity contribution is 0.425. The van der Waals surface area contributed by atoms with Crippen molar-refractivity contribution in [3.8, 4) is 11.5 Å². The Hall–Kier alpha value is -4.82. The molecule has 0 saturated carbocycles. The molecule has 54 heavy (non-hydrogen) atoms. The second kappa shape index (κ2) is 15.1. The van der Waals surface area contributed by atoms with Crippen LogP contribution in [-0.4, -0.2) is 56.4 Å². The molecule has 1 aliphatic rings. The normalized spacial score (nSPS) is 12.9. The highest BCUT2D eigenvalue weighted by Gasteiger charge is 2.39. The Labute approximate surface area is 325 Å². The molecule has 0 amide bonds. The summed E-state index contributed by atoms with van der Waals surface area (Å²) in [5.41, 5.74) is 6.91. The van der Waals surface area contributed by atoms with Crippen molar-refractivity contribution in [2.75, 3.05) is 76.0 Å². The van der Waals surface area contributed by atoms with E-state index in [9.17, 15) is 0 Å². The van der Waals surface area contributed by atoms with E-state index in [1.807, 2.05) is 0 Å². The average Bonchev–Trinajstić information content (AvgIpc) is 3.16. The molecular formula is C47H52N4OP2. The summed E-state index contributed by atoms with van der Waals surface area (Å²) in [5, 5.41) is 7.66. The van der Waals surface area contributed by atoms with Crippen molar-refractivity contribution < 1.29 is 4.74 Å². The van der Waals surface area contributed by atoms with Crippen LogP contribution in [0, 0.1) is 0 Å². The standard InChI is InChI=1S/C47H52N4OP2/c1-47(2)41-13-11-15-43(53(37-25-17-33(18-26-37)48(3)4)38-27-19-34(20-28-38)49(5)6)45(41)52-46-42(47)14-12-16-44(46)54(39-29-21-35(22-30-39)50(7)8)40-31-23-36(24-32-40)51(9)10/h11-32H,1-10H3. The van der Waals surface area contributed by atoms with E-state index in [0.717, 1.165) is 11.5 Å². The molecule has 1 heterocycles. The van der Waals surface area contributed by atoms with Crippen LogP contribution in [-0.2, 0) is 5.41 Å². The van der Waals surface area contributed by atoms with Gasteiger partial charge in [0.15, 0.2) is 0 Å². The summed E-state index contributed by atoms with van der Waals surface area (Å²) < 4.78 is 7.47. The summed E-state index contributed by atoms with van der Waals surface area (Å²) >= 11 is 0. The second-order valence-corrected chi connectivity index (χ2v) is 19.7. The number of para-hydroxylation sites is 2. The number of benzene rings is 6. The number of hydrogen-bond acceptors (Lipinski definition) is 5. The summed E-state index contributed by atoms with van der Waals surface area (Å²) in [5.74, 6) is 1.98. The van der Waals surface area contributed by atoms with Crippen molar-refractivity contribution in [2.24, 2.45) is 0 Å². The van der Waals surface area contributed by atoms with Crippen LogP contribution >= 0.6 is 15.8 Å². The number of nitrogens with zero attached hydrogens (tertiary/aromatic N) is 4. The molecule has 0 fully saturated rings. The fraction of sp³-hybridized carbons (Fsp3) is 0.234. The molecule has 0 N–H and O–H groups in total. The monoisotopic (exact) mass is 750 g/mol. The molecule has 6 aromatic carbocycles. The molecule has 1 aliphatic heterocycles. The third-order valence-electron chi connectivity index (χ3n) is 10.5. The smallest absolute Gasteiger partial charge is 0.139 e. The van der Waals surface area contributed by atoms with Gasteiger partial charge < -0.3 is 24.3 Å². The highest BCUT2D eigenvalue weighted by atomic mass is 31.1. The third-order valence-corrected chi connectivity index (χ3v) is 15.4. The van der Waals surface area contributed by atoms with Crippen molar-refractivity contribution in [1.29, 1.82) is 0 Å². The van der Waals surface area contributed by atoms with Crippen LogP contribution < -0.4 is 56.2 Å². The van der Waals surface area contributed by atoms with Crippen LogP contribution in [0.1, 0.15) is 25.0 Å². The fourth-order valence-electron chi connectivity index (χ4n) is 7.30. The van der Waals surface area contributed by atoms with Gasteiger partial charge >= 0.3 is 0 Å². The first kappa shape index (κ1) is 37.5. The molecule has 5 nitrogen and oxygen atoms in total. The Morgan fingerprint density at radius 2 is 0.630 bits per heavy atom. The van der Waals surface area contributed by atoms with E-state index in [4.69, 9.17) is 4.74 Å². The molecule has 6 aromatic rings. The van der Waals surface area contributed by atoms with Crippen LogP contribution in [0.2, 0.25) is 0 Å². The van der Waals surface area contributed by atoms with Gasteiger partial charge in [-0.1, -0.05) is 98.8 Å². The molecule has 0 atom stereocenters. The molecular weight excluding hydrogens is 698 g/mol. The highest BCUT2D eigenvalue weighted by molar-refractivity contribution is 7.80. The Kier molecular flexibility index (Phi) is 10.5. The van der Waals surface area contributed by atoms with Gasteiger partial charge in [-0.05, 0) is 85.6 Å². The van der Waals surface area contributed by atoms with Crippen LogP contribution in [0.5, 0.6) is 11.5 Å². The number of fused-ring (bicyclic) bond motifs is 2. The molecule has 276 valence electrons. The Morgan fingerprint density at radius 3 is 0.870 bits per heavy atom. The quantitative estimate of drug-likeness (QED) is 0.133. The van der Waals surface area contributed by atoms with Gasteiger partial charge in [0.2, 0.25) is 0 Å². The number of ether oxygens (including phenoxy) is 1. The molecule has 0 aliphatic carbocycles. The van der Waals surface area contributed by atoms with E-state index in [1.54, 1.807) is 0 Å². The molecule has 7 rings (SSSR count).